The first-order valence-corrected chi connectivity index (χ1v) is 14.4. The molecule has 0 N–H and O–H groups in total. The van der Waals surface area contributed by atoms with Crippen LogP contribution in [0.25, 0.3) is 33.2 Å². The van der Waals surface area contributed by atoms with Gasteiger partial charge in [0.15, 0.2) is 24.7 Å². The molecule has 0 unspecified atom stereocenters. The molecule has 0 saturated carbocycles. The number of fused-ring (bicyclic) bond motifs is 1. The van der Waals surface area contributed by atoms with Crippen LogP contribution in [0.5, 0.6) is 0 Å². The number of benzene rings is 2. The molecule has 4 rings (SSSR count). The number of hydrogen-bond donors (Lipinski definition) is 0. The normalized spacial score (nSPS) is 12.7. The zero-order valence-electron chi connectivity index (χ0n) is 19.5. The topological polar surface area (TPSA) is 94.1 Å². The molecule has 0 amide bonds. The maximum atomic E-state index is 12.5. The highest BCUT2D eigenvalue weighted by Gasteiger charge is 2.33. The molecule has 0 fully saturated rings. The van der Waals surface area contributed by atoms with Crippen LogP contribution in [-0.2, 0) is 24.4 Å². The Morgan fingerprint density at radius 3 is 2.21 bits per heavy atom. The standard InChI is InChI=1S/C26H26N2O4S2/c1-5-34(31,32)24-12-11-21(17-28-24)18-8-6-9-19(14-18)23-16-22(26(2,3)33(4,29)30)15-20-10-7-13-27-25(20)23/h6-17H,5H2,1-4H3. The summed E-state index contributed by atoms with van der Waals surface area (Å²) in [7, 11) is -6.74. The van der Waals surface area contributed by atoms with E-state index >= 15 is 0 Å². The first-order chi connectivity index (χ1) is 15.9. The molecule has 2 aromatic carbocycles. The Morgan fingerprint density at radius 2 is 1.56 bits per heavy atom. The average molecular weight is 495 g/mol. The van der Waals surface area contributed by atoms with E-state index in [1.54, 1.807) is 39.2 Å². The molecular weight excluding hydrogens is 468 g/mol. The van der Waals surface area contributed by atoms with Gasteiger partial charge in [-0.25, -0.2) is 21.8 Å². The van der Waals surface area contributed by atoms with Crippen molar-refractivity contribution in [2.45, 2.75) is 30.5 Å². The maximum Gasteiger partial charge on any atom is 0.195 e. The number of sulfone groups is 2. The molecule has 8 heteroatoms. The first-order valence-electron chi connectivity index (χ1n) is 10.8. The van der Waals surface area contributed by atoms with E-state index in [9.17, 15) is 16.8 Å². The van der Waals surface area contributed by atoms with Crippen molar-refractivity contribution in [3.05, 3.63) is 78.6 Å². The van der Waals surface area contributed by atoms with Gasteiger partial charge in [0.25, 0.3) is 0 Å². The summed E-state index contributed by atoms with van der Waals surface area (Å²) in [4.78, 5) is 8.72. The lowest BCUT2D eigenvalue weighted by Gasteiger charge is -2.24. The zero-order chi connectivity index (χ0) is 24.7. The van der Waals surface area contributed by atoms with E-state index in [-0.39, 0.29) is 10.8 Å². The lowest BCUT2D eigenvalue weighted by atomic mass is 9.92. The minimum Gasteiger partial charge on any atom is -0.256 e. The molecule has 34 heavy (non-hydrogen) atoms. The molecule has 0 atom stereocenters. The van der Waals surface area contributed by atoms with Gasteiger partial charge in [-0.05, 0) is 66.9 Å². The molecule has 6 nitrogen and oxygen atoms in total. The van der Waals surface area contributed by atoms with Crippen LogP contribution in [0.1, 0.15) is 26.3 Å². The Morgan fingerprint density at radius 1 is 0.824 bits per heavy atom. The monoisotopic (exact) mass is 494 g/mol. The van der Waals surface area contributed by atoms with E-state index in [1.165, 1.54) is 12.3 Å². The molecule has 4 aromatic rings. The van der Waals surface area contributed by atoms with Crippen LogP contribution in [0.4, 0.5) is 0 Å². The average Bonchev–Trinajstić information content (AvgIpc) is 2.82. The highest BCUT2D eigenvalue weighted by Crippen LogP contribution is 2.37. The van der Waals surface area contributed by atoms with Crippen molar-refractivity contribution in [1.29, 1.82) is 0 Å². The molecule has 176 valence electrons. The second kappa shape index (κ2) is 8.60. The number of rotatable bonds is 6. The van der Waals surface area contributed by atoms with Crippen molar-refractivity contribution in [2.75, 3.05) is 12.0 Å². The highest BCUT2D eigenvalue weighted by molar-refractivity contribution is 7.91. The van der Waals surface area contributed by atoms with Crippen LogP contribution >= 0.6 is 0 Å². The van der Waals surface area contributed by atoms with Gasteiger partial charge in [0.05, 0.1) is 16.0 Å². The smallest absolute Gasteiger partial charge is 0.195 e. The molecule has 0 bridgehead atoms. The minimum atomic E-state index is -3.37. The molecule has 0 saturated heterocycles. The summed E-state index contributed by atoms with van der Waals surface area (Å²) in [6.45, 7) is 5.00. The highest BCUT2D eigenvalue weighted by atomic mass is 32.2. The third-order valence-electron chi connectivity index (χ3n) is 6.27. The van der Waals surface area contributed by atoms with E-state index in [1.807, 2.05) is 48.5 Å². The number of hydrogen-bond acceptors (Lipinski definition) is 6. The van der Waals surface area contributed by atoms with Crippen LogP contribution in [0.2, 0.25) is 0 Å². The van der Waals surface area contributed by atoms with Gasteiger partial charge in [-0.15, -0.1) is 0 Å². The van der Waals surface area contributed by atoms with Gasteiger partial charge >= 0.3 is 0 Å². The second-order valence-corrected chi connectivity index (χ2v) is 13.5. The number of pyridine rings is 2. The van der Waals surface area contributed by atoms with Gasteiger partial charge < -0.3 is 0 Å². The molecule has 0 aliphatic rings. The quantitative estimate of drug-likeness (QED) is 0.373. The van der Waals surface area contributed by atoms with E-state index in [2.05, 4.69) is 9.97 Å². The summed E-state index contributed by atoms with van der Waals surface area (Å²) in [5, 5.41) is 0.911. The Kier molecular flexibility index (Phi) is 6.08. The van der Waals surface area contributed by atoms with Crippen molar-refractivity contribution < 1.29 is 16.8 Å². The summed E-state index contributed by atoms with van der Waals surface area (Å²) >= 11 is 0. The van der Waals surface area contributed by atoms with Crippen LogP contribution < -0.4 is 0 Å². The molecule has 0 aliphatic carbocycles. The summed E-state index contributed by atoms with van der Waals surface area (Å²) in [5.74, 6) is -0.00489. The van der Waals surface area contributed by atoms with Crippen molar-refractivity contribution >= 4 is 30.6 Å². The predicted molar refractivity (Wildman–Crippen MR) is 136 cm³/mol. The fourth-order valence-electron chi connectivity index (χ4n) is 3.72. The van der Waals surface area contributed by atoms with Crippen molar-refractivity contribution in [2.24, 2.45) is 0 Å². The Balaban J connectivity index is 1.87. The van der Waals surface area contributed by atoms with Crippen LogP contribution in [0.15, 0.2) is 78.1 Å². The van der Waals surface area contributed by atoms with Gasteiger partial charge in [-0.1, -0.05) is 31.2 Å². The number of aromatic nitrogens is 2. The fraction of sp³-hybridized carbons (Fsp3) is 0.231. The summed E-state index contributed by atoms with van der Waals surface area (Å²) in [6.07, 6.45) is 4.52. The maximum absolute atomic E-state index is 12.5. The molecule has 0 aliphatic heterocycles. The number of nitrogens with zero attached hydrogens (tertiary/aromatic N) is 2. The molecular formula is C26H26N2O4S2. The minimum absolute atomic E-state index is 0.00489. The van der Waals surface area contributed by atoms with Gasteiger partial charge in [-0.2, -0.15) is 0 Å². The van der Waals surface area contributed by atoms with Gasteiger partial charge in [0.1, 0.15) is 0 Å². The molecule has 0 spiro atoms. The first kappa shape index (κ1) is 24.0. The second-order valence-electron chi connectivity index (χ2n) is 8.75. The van der Waals surface area contributed by atoms with Crippen molar-refractivity contribution in [1.82, 2.24) is 9.97 Å². The Labute approximate surface area is 200 Å². The summed E-state index contributed by atoms with van der Waals surface area (Å²) in [6, 6.07) is 18.6. The summed E-state index contributed by atoms with van der Waals surface area (Å²) < 4.78 is 48.2. The predicted octanol–water partition coefficient (Wildman–Crippen LogP) is 5.04. The largest absolute Gasteiger partial charge is 0.256 e. The van der Waals surface area contributed by atoms with E-state index in [4.69, 9.17) is 0 Å². The lowest BCUT2D eigenvalue weighted by molar-refractivity contribution is 0.561. The van der Waals surface area contributed by atoms with E-state index in [0.29, 0.717) is 5.56 Å². The summed E-state index contributed by atoms with van der Waals surface area (Å²) in [5.41, 5.74) is 4.80. The van der Waals surface area contributed by atoms with E-state index in [0.717, 1.165) is 33.2 Å². The van der Waals surface area contributed by atoms with Gasteiger partial charge in [0, 0.05) is 35.2 Å². The zero-order valence-corrected chi connectivity index (χ0v) is 21.1. The van der Waals surface area contributed by atoms with Crippen molar-refractivity contribution in [3.63, 3.8) is 0 Å². The van der Waals surface area contributed by atoms with Gasteiger partial charge in [0.2, 0.25) is 0 Å². The van der Waals surface area contributed by atoms with Gasteiger partial charge in [-0.3, -0.25) is 4.98 Å². The lowest BCUT2D eigenvalue weighted by Crippen LogP contribution is -2.28. The Hall–Kier alpha value is -3.10. The van der Waals surface area contributed by atoms with Crippen molar-refractivity contribution in [3.8, 4) is 22.3 Å². The fourth-order valence-corrected chi connectivity index (χ4v) is 5.05. The SMILES string of the molecule is CCS(=O)(=O)c1ccc(-c2cccc(-c3cc(C(C)(C)S(C)(=O)=O)cc4cccnc34)c2)cn1. The van der Waals surface area contributed by atoms with E-state index < -0.39 is 24.4 Å². The third kappa shape index (κ3) is 4.35. The third-order valence-corrected chi connectivity index (χ3v) is 10.00. The molecule has 2 aromatic heterocycles. The molecule has 2 heterocycles. The van der Waals surface area contributed by atoms with Crippen LogP contribution in [-0.4, -0.2) is 38.8 Å². The molecule has 0 radical (unpaired) electrons. The van der Waals surface area contributed by atoms with Crippen LogP contribution in [0, 0.1) is 0 Å². The van der Waals surface area contributed by atoms with Crippen LogP contribution in [0.3, 0.4) is 0 Å². The Bertz CT molecular complexity index is 1590.